The molecule has 0 aromatic rings. The standard InChI is InChI=1S/C10H18N2O3/c1-10(2,3)15-9(13)12-6-4-5-8(7-12)11-14/h8H,4-7H2,1-3H3. The molecule has 0 N–H and O–H groups in total. The van der Waals surface area contributed by atoms with E-state index in [1.165, 1.54) is 0 Å². The van der Waals surface area contributed by atoms with Gasteiger partial charge in [0.1, 0.15) is 11.6 Å². The minimum Gasteiger partial charge on any atom is -0.444 e. The fourth-order valence-corrected chi connectivity index (χ4v) is 1.53. The number of piperidine rings is 1. The Balaban J connectivity index is 2.49. The lowest BCUT2D eigenvalue weighted by atomic mass is 10.1. The average Bonchev–Trinajstić information content (AvgIpc) is 2.15. The van der Waals surface area contributed by atoms with E-state index < -0.39 is 5.60 Å². The molecule has 15 heavy (non-hydrogen) atoms. The molecule has 0 aliphatic carbocycles. The van der Waals surface area contributed by atoms with Gasteiger partial charge in [-0.1, -0.05) is 5.18 Å². The van der Waals surface area contributed by atoms with Crippen molar-refractivity contribution in [2.45, 2.75) is 45.3 Å². The SMILES string of the molecule is CC(C)(C)OC(=O)N1CCCC(N=O)C1. The maximum Gasteiger partial charge on any atom is 0.410 e. The normalized spacial score (nSPS) is 22.3. The van der Waals surface area contributed by atoms with Gasteiger partial charge in [-0.2, -0.15) is 4.91 Å². The largest absolute Gasteiger partial charge is 0.444 e. The summed E-state index contributed by atoms with van der Waals surface area (Å²) in [5.41, 5.74) is -0.487. The van der Waals surface area contributed by atoms with Crippen molar-refractivity contribution in [2.75, 3.05) is 13.1 Å². The molecule has 1 fully saturated rings. The second kappa shape index (κ2) is 4.59. The molecule has 86 valence electrons. The highest BCUT2D eigenvalue weighted by atomic mass is 16.6. The van der Waals surface area contributed by atoms with E-state index in [9.17, 15) is 9.70 Å². The fraction of sp³-hybridized carbons (Fsp3) is 0.900. The smallest absolute Gasteiger partial charge is 0.410 e. The zero-order chi connectivity index (χ0) is 11.5. The number of rotatable bonds is 1. The minimum absolute atomic E-state index is 0.272. The first kappa shape index (κ1) is 11.9. The average molecular weight is 214 g/mol. The third-order valence-corrected chi connectivity index (χ3v) is 2.20. The van der Waals surface area contributed by atoms with E-state index in [1.54, 1.807) is 4.90 Å². The molecule has 1 atom stereocenters. The van der Waals surface area contributed by atoms with Crippen molar-refractivity contribution < 1.29 is 9.53 Å². The quantitative estimate of drug-likeness (QED) is 0.628. The summed E-state index contributed by atoms with van der Waals surface area (Å²) in [6.45, 7) is 6.51. The van der Waals surface area contributed by atoms with Gasteiger partial charge >= 0.3 is 6.09 Å². The van der Waals surface area contributed by atoms with Crippen LogP contribution in [-0.4, -0.2) is 35.7 Å². The third kappa shape index (κ3) is 3.85. The highest BCUT2D eigenvalue weighted by Gasteiger charge is 2.27. The van der Waals surface area contributed by atoms with Gasteiger partial charge in [0.25, 0.3) is 0 Å². The number of carbonyl (C=O) groups is 1. The van der Waals surface area contributed by atoms with Gasteiger partial charge in [0, 0.05) is 13.1 Å². The van der Waals surface area contributed by atoms with Crippen LogP contribution in [0.25, 0.3) is 0 Å². The summed E-state index contributed by atoms with van der Waals surface area (Å²) in [5, 5.41) is 2.98. The molecule has 1 aliphatic rings. The number of nitrogens with zero attached hydrogens (tertiary/aromatic N) is 2. The Morgan fingerprint density at radius 3 is 2.67 bits per heavy atom. The summed E-state index contributed by atoms with van der Waals surface area (Å²) in [6, 6.07) is -0.272. The van der Waals surface area contributed by atoms with E-state index >= 15 is 0 Å². The Morgan fingerprint density at radius 1 is 1.47 bits per heavy atom. The molecule has 1 heterocycles. The van der Waals surface area contributed by atoms with Crippen LogP contribution in [0.1, 0.15) is 33.6 Å². The molecule has 0 aromatic carbocycles. The monoisotopic (exact) mass is 214 g/mol. The molecule has 1 amide bonds. The van der Waals surface area contributed by atoms with Gasteiger partial charge in [-0.05, 0) is 33.6 Å². The van der Waals surface area contributed by atoms with Crippen LogP contribution in [0.5, 0.6) is 0 Å². The Labute approximate surface area is 89.7 Å². The van der Waals surface area contributed by atoms with E-state index in [-0.39, 0.29) is 12.1 Å². The number of nitroso groups, excluding NO2 is 1. The van der Waals surface area contributed by atoms with Crippen molar-refractivity contribution in [1.29, 1.82) is 0 Å². The summed E-state index contributed by atoms with van der Waals surface area (Å²) >= 11 is 0. The van der Waals surface area contributed by atoms with E-state index in [0.29, 0.717) is 13.1 Å². The zero-order valence-corrected chi connectivity index (χ0v) is 9.52. The summed E-state index contributed by atoms with van der Waals surface area (Å²) < 4.78 is 5.21. The Kier molecular flexibility index (Phi) is 3.66. The first-order chi connectivity index (χ1) is 6.92. The molecule has 0 radical (unpaired) electrons. The molecular weight excluding hydrogens is 196 g/mol. The van der Waals surface area contributed by atoms with Crippen molar-refractivity contribution in [3.05, 3.63) is 4.91 Å². The molecule has 1 unspecified atom stereocenters. The van der Waals surface area contributed by atoms with Gasteiger partial charge < -0.3 is 9.64 Å². The number of likely N-dealkylation sites (tertiary alicyclic amines) is 1. The molecule has 0 spiro atoms. The topological polar surface area (TPSA) is 59.0 Å². The molecule has 0 saturated carbocycles. The molecule has 0 aromatic heterocycles. The maximum atomic E-state index is 11.6. The number of ether oxygens (including phenoxy) is 1. The van der Waals surface area contributed by atoms with Crippen LogP contribution in [0.4, 0.5) is 4.79 Å². The number of carbonyl (C=O) groups excluding carboxylic acids is 1. The third-order valence-electron chi connectivity index (χ3n) is 2.20. The van der Waals surface area contributed by atoms with Crippen LogP contribution in [0.15, 0.2) is 5.18 Å². The van der Waals surface area contributed by atoms with Crippen LogP contribution in [0, 0.1) is 4.91 Å². The molecule has 1 saturated heterocycles. The first-order valence-corrected chi connectivity index (χ1v) is 5.23. The van der Waals surface area contributed by atoms with Crippen LogP contribution >= 0.6 is 0 Å². The molecular formula is C10H18N2O3. The highest BCUT2D eigenvalue weighted by Crippen LogP contribution is 2.16. The zero-order valence-electron chi connectivity index (χ0n) is 9.52. The van der Waals surface area contributed by atoms with Gasteiger partial charge in [0.05, 0.1) is 0 Å². The lowest BCUT2D eigenvalue weighted by Gasteiger charge is -2.31. The van der Waals surface area contributed by atoms with Crippen LogP contribution in [0.2, 0.25) is 0 Å². The Bertz CT molecular complexity index is 248. The van der Waals surface area contributed by atoms with E-state index in [1.807, 2.05) is 20.8 Å². The van der Waals surface area contributed by atoms with Crippen LogP contribution in [-0.2, 0) is 4.74 Å². The lowest BCUT2D eigenvalue weighted by molar-refractivity contribution is 0.0201. The van der Waals surface area contributed by atoms with Crippen LogP contribution in [0.3, 0.4) is 0 Å². The molecule has 5 nitrogen and oxygen atoms in total. The number of amides is 1. The van der Waals surface area contributed by atoms with Crippen molar-refractivity contribution >= 4 is 6.09 Å². The Hall–Kier alpha value is -1.13. The lowest BCUT2D eigenvalue weighted by Crippen LogP contribution is -2.44. The molecule has 1 rings (SSSR count). The van der Waals surface area contributed by atoms with Crippen molar-refractivity contribution in [2.24, 2.45) is 5.18 Å². The Morgan fingerprint density at radius 2 is 2.13 bits per heavy atom. The fourth-order valence-electron chi connectivity index (χ4n) is 1.53. The second-order valence-corrected chi connectivity index (χ2v) is 4.83. The summed E-state index contributed by atoms with van der Waals surface area (Å²) in [5.74, 6) is 0. The van der Waals surface area contributed by atoms with Gasteiger partial charge in [0.2, 0.25) is 0 Å². The van der Waals surface area contributed by atoms with Crippen molar-refractivity contribution in [3.8, 4) is 0 Å². The highest BCUT2D eigenvalue weighted by molar-refractivity contribution is 5.68. The first-order valence-electron chi connectivity index (χ1n) is 5.23. The van der Waals surface area contributed by atoms with Gasteiger partial charge in [-0.25, -0.2) is 4.79 Å². The summed E-state index contributed by atoms with van der Waals surface area (Å²) in [6.07, 6.45) is 1.23. The second-order valence-electron chi connectivity index (χ2n) is 4.83. The number of hydrogen-bond acceptors (Lipinski definition) is 4. The van der Waals surface area contributed by atoms with Gasteiger partial charge in [-0.15, -0.1) is 0 Å². The van der Waals surface area contributed by atoms with E-state index in [2.05, 4.69) is 5.18 Å². The molecule has 5 heteroatoms. The predicted octanol–water partition coefficient (Wildman–Crippen LogP) is 2.15. The predicted molar refractivity (Wildman–Crippen MR) is 56.6 cm³/mol. The van der Waals surface area contributed by atoms with Crippen LogP contribution < -0.4 is 0 Å². The number of hydrogen-bond donors (Lipinski definition) is 0. The molecule has 0 bridgehead atoms. The van der Waals surface area contributed by atoms with E-state index in [4.69, 9.17) is 4.74 Å². The summed E-state index contributed by atoms with van der Waals surface area (Å²) in [7, 11) is 0. The van der Waals surface area contributed by atoms with Crippen molar-refractivity contribution in [3.63, 3.8) is 0 Å². The van der Waals surface area contributed by atoms with Crippen molar-refractivity contribution in [1.82, 2.24) is 4.90 Å². The van der Waals surface area contributed by atoms with E-state index in [0.717, 1.165) is 12.8 Å². The van der Waals surface area contributed by atoms with Gasteiger partial charge in [-0.3, -0.25) is 0 Å². The summed E-state index contributed by atoms with van der Waals surface area (Å²) in [4.78, 5) is 23.6. The maximum absolute atomic E-state index is 11.6. The molecule has 1 aliphatic heterocycles. The minimum atomic E-state index is -0.487. The van der Waals surface area contributed by atoms with Gasteiger partial charge in [0.15, 0.2) is 0 Å².